The number of rotatable bonds is 6. The number of hydrogen-bond donors (Lipinski definition) is 3. The summed E-state index contributed by atoms with van der Waals surface area (Å²) in [5, 5.41) is 2.78. The normalized spacial score (nSPS) is 11.2. The molecule has 0 atom stereocenters. The first-order valence-corrected chi connectivity index (χ1v) is 9.25. The van der Waals surface area contributed by atoms with Gasteiger partial charge >= 0.3 is 0 Å². The molecular weight excluding hydrogens is 350 g/mol. The predicted molar refractivity (Wildman–Crippen MR) is 105 cm³/mol. The lowest BCUT2D eigenvalue weighted by atomic mass is 10.2. The highest BCUT2D eigenvalue weighted by molar-refractivity contribution is 7.99. The molecule has 3 aromatic rings. The Morgan fingerprint density at radius 2 is 2.12 bits per heavy atom. The molecule has 3 N–H and O–H groups in total. The Kier molecular flexibility index (Phi) is 5.43. The largest absolute Gasteiger partial charge is 0.341 e. The van der Waals surface area contributed by atoms with Gasteiger partial charge in [-0.25, -0.2) is 4.98 Å². The Hall–Kier alpha value is -2.58. The van der Waals surface area contributed by atoms with Gasteiger partial charge in [-0.3, -0.25) is 9.59 Å². The van der Waals surface area contributed by atoms with Crippen LogP contribution in [-0.2, 0) is 6.54 Å². The molecule has 1 amide bonds. The molecule has 3 rings (SSSR count). The van der Waals surface area contributed by atoms with Crippen LogP contribution in [0.4, 0.5) is 5.69 Å². The van der Waals surface area contributed by atoms with Crippen molar-refractivity contribution >= 4 is 34.4 Å². The number of carbonyl (C=O) groups excluding carboxylic acids is 1. The van der Waals surface area contributed by atoms with Crippen molar-refractivity contribution in [2.24, 2.45) is 0 Å². The van der Waals surface area contributed by atoms with Gasteiger partial charge in [-0.1, -0.05) is 6.92 Å². The van der Waals surface area contributed by atoms with E-state index in [-0.39, 0.29) is 5.56 Å². The van der Waals surface area contributed by atoms with E-state index in [1.165, 1.54) is 0 Å². The summed E-state index contributed by atoms with van der Waals surface area (Å²) in [7, 11) is 3.95. The number of pyridine rings is 1. The smallest absolute Gasteiger partial charge is 0.261 e. The maximum absolute atomic E-state index is 12.5. The fraction of sp³-hybridized carbons (Fsp3) is 0.278. The van der Waals surface area contributed by atoms with Crippen LogP contribution in [0, 0.1) is 0 Å². The van der Waals surface area contributed by atoms with Gasteiger partial charge in [0.2, 0.25) is 0 Å². The van der Waals surface area contributed by atoms with E-state index in [0.717, 1.165) is 27.5 Å². The minimum absolute atomic E-state index is 0.0986. The number of imidazole rings is 1. The van der Waals surface area contributed by atoms with E-state index < -0.39 is 11.5 Å². The maximum atomic E-state index is 12.5. The first kappa shape index (κ1) is 18.2. The van der Waals surface area contributed by atoms with Crippen LogP contribution in [-0.4, -0.2) is 45.6 Å². The van der Waals surface area contributed by atoms with Gasteiger partial charge in [-0.2, -0.15) is 0 Å². The van der Waals surface area contributed by atoms with E-state index in [1.807, 2.05) is 38.1 Å². The van der Waals surface area contributed by atoms with Crippen molar-refractivity contribution in [1.29, 1.82) is 0 Å². The lowest BCUT2D eigenvalue weighted by Crippen LogP contribution is -2.22. The molecule has 0 fully saturated rings. The summed E-state index contributed by atoms with van der Waals surface area (Å²) in [6.45, 7) is 2.72. The van der Waals surface area contributed by atoms with Crippen molar-refractivity contribution in [1.82, 2.24) is 19.9 Å². The highest BCUT2D eigenvalue weighted by Gasteiger charge is 2.13. The fourth-order valence-electron chi connectivity index (χ4n) is 2.60. The van der Waals surface area contributed by atoms with Crippen LogP contribution in [0.25, 0.3) is 11.0 Å². The van der Waals surface area contributed by atoms with E-state index in [4.69, 9.17) is 0 Å². The highest BCUT2D eigenvalue weighted by atomic mass is 32.2. The molecule has 1 aromatic carbocycles. The van der Waals surface area contributed by atoms with Crippen molar-refractivity contribution in [3.63, 3.8) is 0 Å². The Labute approximate surface area is 155 Å². The number of nitrogens with zero attached hydrogens (tertiary/aromatic N) is 2. The van der Waals surface area contributed by atoms with Gasteiger partial charge in [0, 0.05) is 16.8 Å². The van der Waals surface area contributed by atoms with Crippen LogP contribution in [0.2, 0.25) is 0 Å². The second kappa shape index (κ2) is 7.76. The van der Waals surface area contributed by atoms with Gasteiger partial charge < -0.3 is 20.2 Å². The molecule has 0 radical (unpaired) electrons. The number of thioether (sulfide) groups is 1. The average molecular weight is 371 g/mol. The number of carbonyl (C=O) groups is 1. The van der Waals surface area contributed by atoms with Gasteiger partial charge in [0.15, 0.2) is 0 Å². The number of nitrogens with one attached hydrogen (secondary N) is 3. The van der Waals surface area contributed by atoms with Gasteiger partial charge in [0.25, 0.3) is 11.5 Å². The SMILES string of the molecule is CCSc1c[nH]c(=O)c(C(=O)Nc2ccc3nc(CN(C)C)[nH]c3c2)c1. The number of aromatic nitrogens is 3. The summed E-state index contributed by atoms with van der Waals surface area (Å²) in [6, 6.07) is 7.05. The number of anilines is 1. The van der Waals surface area contributed by atoms with Crippen molar-refractivity contribution in [3.05, 3.63) is 52.2 Å². The molecule has 0 saturated carbocycles. The number of amides is 1. The van der Waals surface area contributed by atoms with Crippen molar-refractivity contribution in [3.8, 4) is 0 Å². The molecule has 7 nitrogen and oxygen atoms in total. The van der Waals surface area contributed by atoms with Gasteiger partial charge in [0.05, 0.1) is 17.6 Å². The standard InChI is InChI=1S/C18H21N5O2S/c1-4-26-12-8-13(17(24)19-9-12)18(25)20-11-5-6-14-15(7-11)22-16(21-14)10-23(2)3/h5-9H,4,10H2,1-3H3,(H,19,24)(H,20,25)(H,21,22). The van der Waals surface area contributed by atoms with Crippen molar-refractivity contribution in [2.75, 3.05) is 25.2 Å². The third-order valence-corrected chi connectivity index (χ3v) is 4.54. The van der Waals surface area contributed by atoms with Crippen LogP contribution in [0.3, 0.4) is 0 Å². The molecule has 0 aliphatic heterocycles. The van der Waals surface area contributed by atoms with E-state index >= 15 is 0 Å². The second-order valence-electron chi connectivity index (χ2n) is 6.12. The minimum atomic E-state index is -0.433. The zero-order valence-electron chi connectivity index (χ0n) is 14.9. The van der Waals surface area contributed by atoms with E-state index in [0.29, 0.717) is 12.2 Å². The number of fused-ring (bicyclic) bond motifs is 1. The molecule has 26 heavy (non-hydrogen) atoms. The number of H-pyrrole nitrogens is 2. The lowest BCUT2D eigenvalue weighted by Gasteiger charge is -2.06. The van der Waals surface area contributed by atoms with Crippen LogP contribution in [0.15, 0.2) is 40.2 Å². The van der Waals surface area contributed by atoms with E-state index in [2.05, 4.69) is 20.3 Å². The minimum Gasteiger partial charge on any atom is -0.341 e. The molecule has 0 unspecified atom stereocenters. The zero-order valence-corrected chi connectivity index (χ0v) is 15.7. The Morgan fingerprint density at radius 1 is 1.31 bits per heavy atom. The summed E-state index contributed by atoms with van der Waals surface area (Å²) < 4.78 is 0. The summed E-state index contributed by atoms with van der Waals surface area (Å²) in [4.78, 5) is 37.7. The Bertz CT molecular complexity index is 993. The topological polar surface area (TPSA) is 93.9 Å². The Morgan fingerprint density at radius 3 is 2.85 bits per heavy atom. The molecule has 0 bridgehead atoms. The molecule has 0 saturated heterocycles. The molecule has 0 spiro atoms. The van der Waals surface area contributed by atoms with Gasteiger partial charge in [-0.05, 0) is 44.1 Å². The van der Waals surface area contributed by atoms with Crippen molar-refractivity contribution in [2.45, 2.75) is 18.4 Å². The average Bonchev–Trinajstić information content (AvgIpc) is 2.97. The maximum Gasteiger partial charge on any atom is 0.261 e. The highest BCUT2D eigenvalue weighted by Crippen LogP contribution is 2.19. The fourth-order valence-corrected chi connectivity index (χ4v) is 3.27. The predicted octanol–water partition coefficient (Wildman–Crippen LogP) is 2.68. The second-order valence-corrected chi connectivity index (χ2v) is 7.46. The monoisotopic (exact) mass is 371 g/mol. The van der Waals surface area contributed by atoms with Crippen LogP contribution >= 0.6 is 11.8 Å². The number of hydrogen-bond acceptors (Lipinski definition) is 5. The van der Waals surface area contributed by atoms with Crippen LogP contribution < -0.4 is 10.9 Å². The number of aromatic amines is 2. The van der Waals surface area contributed by atoms with E-state index in [1.54, 1.807) is 30.1 Å². The summed E-state index contributed by atoms with van der Waals surface area (Å²) in [5.74, 6) is 1.28. The molecular formula is C18H21N5O2S. The van der Waals surface area contributed by atoms with E-state index in [9.17, 15) is 9.59 Å². The van der Waals surface area contributed by atoms with Gasteiger partial charge in [-0.15, -0.1) is 11.8 Å². The molecule has 136 valence electrons. The molecule has 0 aliphatic rings. The Balaban J connectivity index is 1.83. The first-order chi connectivity index (χ1) is 12.5. The quantitative estimate of drug-likeness (QED) is 0.579. The van der Waals surface area contributed by atoms with Crippen molar-refractivity contribution < 1.29 is 4.79 Å². The molecule has 0 aliphatic carbocycles. The summed E-state index contributed by atoms with van der Waals surface area (Å²) >= 11 is 1.56. The summed E-state index contributed by atoms with van der Waals surface area (Å²) in [5.41, 5.74) is 1.97. The summed E-state index contributed by atoms with van der Waals surface area (Å²) in [6.07, 6.45) is 1.62. The lowest BCUT2D eigenvalue weighted by molar-refractivity contribution is 0.102. The van der Waals surface area contributed by atoms with Crippen LogP contribution in [0.5, 0.6) is 0 Å². The molecule has 2 aromatic heterocycles. The van der Waals surface area contributed by atoms with Gasteiger partial charge in [0.1, 0.15) is 11.4 Å². The molecule has 8 heteroatoms. The zero-order chi connectivity index (χ0) is 18.7. The number of benzene rings is 1. The third kappa shape index (κ3) is 4.14. The third-order valence-electron chi connectivity index (χ3n) is 3.69. The molecule has 2 heterocycles. The van der Waals surface area contributed by atoms with Crippen LogP contribution in [0.1, 0.15) is 23.1 Å². The first-order valence-electron chi connectivity index (χ1n) is 8.26.